The maximum atomic E-state index is 10.5. The lowest BCUT2D eigenvalue weighted by Gasteiger charge is -2.09. The van der Waals surface area contributed by atoms with Gasteiger partial charge >= 0.3 is 5.97 Å². The number of halogens is 1. The van der Waals surface area contributed by atoms with Crippen molar-refractivity contribution in [2.75, 3.05) is 0 Å². The van der Waals surface area contributed by atoms with E-state index in [2.05, 4.69) is 15.9 Å². The normalized spacial score (nSPS) is 12.1. The van der Waals surface area contributed by atoms with Gasteiger partial charge < -0.3 is 10.2 Å². The first-order valence-electron chi connectivity index (χ1n) is 6.29. The van der Waals surface area contributed by atoms with Crippen molar-refractivity contribution in [3.8, 4) is 11.1 Å². The van der Waals surface area contributed by atoms with E-state index < -0.39 is 12.1 Å². The minimum absolute atomic E-state index is 0.228. The summed E-state index contributed by atoms with van der Waals surface area (Å²) in [6, 6.07) is 15.8. The zero-order valence-corrected chi connectivity index (χ0v) is 12.4. The molecule has 4 heteroatoms. The highest BCUT2D eigenvalue weighted by Crippen LogP contribution is 2.22. The molecule has 3 nitrogen and oxygen atoms in total. The summed E-state index contributed by atoms with van der Waals surface area (Å²) in [6.07, 6.45) is -0.715. The summed E-state index contributed by atoms with van der Waals surface area (Å²) in [7, 11) is 0. The van der Waals surface area contributed by atoms with Crippen LogP contribution in [-0.2, 0) is 11.2 Å². The van der Waals surface area contributed by atoms with E-state index in [4.69, 9.17) is 5.11 Å². The third-order valence-corrected chi connectivity index (χ3v) is 3.54. The second-order valence-corrected chi connectivity index (χ2v) is 5.58. The Balaban J connectivity index is 2.06. The lowest BCUT2D eigenvalue weighted by molar-refractivity contribution is -0.139. The summed E-state index contributed by atoms with van der Waals surface area (Å²) in [6.45, 7) is 0. The van der Waals surface area contributed by atoms with Gasteiger partial charge in [-0.15, -0.1) is 0 Å². The Bertz CT molecular complexity index is 576. The van der Waals surface area contributed by atoms with Crippen LogP contribution in [0.4, 0.5) is 0 Å². The Kier molecular flexibility index (Phi) is 4.93. The predicted octanol–water partition coefficient (Wildman–Crippen LogP) is 3.49. The van der Waals surface area contributed by atoms with Gasteiger partial charge in [-0.25, -0.2) is 0 Å². The smallest absolute Gasteiger partial charge is 0.305 e. The average Bonchev–Trinajstić information content (AvgIpc) is 2.39. The van der Waals surface area contributed by atoms with Gasteiger partial charge in [0.05, 0.1) is 12.5 Å². The van der Waals surface area contributed by atoms with Crippen LogP contribution in [0, 0.1) is 0 Å². The second kappa shape index (κ2) is 6.68. The molecule has 0 saturated carbocycles. The number of aliphatic hydroxyl groups excluding tert-OH is 1. The van der Waals surface area contributed by atoms with E-state index in [1.54, 1.807) is 0 Å². The fraction of sp³-hybridized carbons (Fsp3) is 0.188. The molecular weight excluding hydrogens is 320 g/mol. The van der Waals surface area contributed by atoms with E-state index in [0.717, 1.165) is 21.2 Å². The van der Waals surface area contributed by atoms with Gasteiger partial charge in [0.2, 0.25) is 0 Å². The number of aliphatic hydroxyl groups is 1. The largest absolute Gasteiger partial charge is 0.481 e. The number of carbonyl (C=O) groups is 1. The van der Waals surface area contributed by atoms with Crippen molar-refractivity contribution >= 4 is 21.9 Å². The zero-order chi connectivity index (χ0) is 14.5. The standard InChI is InChI=1S/C16H15BrO3/c17-14-7-5-13(6-8-14)12-3-1-11(2-4-12)9-15(18)10-16(19)20/h1-8,15,18H,9-10H2,(H,19,20). The molecule has 0 spiro atoms. The Labute approximate surface area is 126 Å². The van der Waals surface area contributed by atoms with Crippen LogP contribution < -0.4 is 0 Å². The quantitative estimate of drug-likeness (QED) is 0.879. The van der Waals surface area contributed by atoms with E-state index >= 15 is 0 Å². The summed E-state index contributed by atoms with van der Waals surface area (Å²) in [5.74, 6) is -0.982. The highest BCUT2D eigenvalue weighted by Gasteiger charge is 2.10. The van der Waals surface area contributed by atoms with Crippen molar-refractivity contribution in [2.45, 2.75) is 18.9 Å². The molecule has 104 valence electrons. The summed E-state index contributed by atoms with van der Waals surface area (Å²) in [5, 5.41) is 18.2. The number of rotatable bonds is 5. The van der Waals surface area contributed by atoms with Gasteiger partial charge in [-0.3, -0.25) is 4.79 Å². The molecule has 0 bridgehead atoms. The minimum atomic E-state index is -0.982. The van der Waals surface area contributed by atoms with Gasteiger partial charge in [0, 0.05) is 4.47 Å². The third kappa shape index (κ3) is 4.18. The minimum Gasteiger partial charge on any atom is -0.481 e. The molecule has 2 N–H and O–H groups in total. The van der Waals surface area contributed by atoms with Gasteiger partial charge in [-0.1, -0.05) is 52.3 Å². The number of hydrogen-bond acceptors (Lipinski definition) is 2. The SMILES string of the molecule is O=C(O)CC(O)Cc1ccc(-c2ccc(Br)cc2)cc1. The first kappa shape index (κ1) is 14.8. The molecule has 0 saturated heterocycles. The molecular formula is C16H15BrO3. The van der Waals surface area contributed by atoms with Gasteiger partial charge in [0.25, 0.3) is 0 Å². The molecule has 0 aliphatic rings. The molecule has 2 aromatic carbocycles. The highest BCUT2D eigenvalue weighted by molar-refractivity contribution is 9.10. The molecule has 0 aliphatic heterocycles. The Morgan fingerprint density at radius 2 is 1.50 bits per heavy atom. The maximum absolute atomic E-state index is 10.5. The van der Waals surface area contributed by atoms with Crippen molar-refractivity contribution < 1.29 is 15.0 Å². The molecule has 2 aromatic rings. The number of hydrogen-bond donors (Lipinski definition) is 2. The fourth-order valence-corrected chi connectivity index (χ4v) is 2.29. The van der Waals surface area contributed by atoms with Crippen LogP contribution in [0.1, 0.15) is 12.0 Å². The van der Waals surface area contributed by atoms with E-state index in [1.165, 1.54) is 0 Å². The van der Waals surface area contributed by atoms with Crippen molar-refractivity contribution in [2.24, 2.45) is 0 Å². The van der Waals surface area contributed by atoms with Gasteiger partial charge in [0.1, 0.15) is 0 Å². The predicted molar refractivity (Wildman–Crippen MR) is 81.5 cm³/mol. The van der Waals surface area contributed by atoms with E-state index in [0.29, 0.717) is 6.42 Å². The lowest BCUT2D eigenvalue weighted by atomic mass is 10.0. The first-order valence-corrected chi connectivity index (χ1v) is 7.08. The second-order valence-electron chi connectivity index (χ2n) is 4.66. The Hall–Kier alpha value is -1.65. The molecule has 0 fully saturated rings. The summed E-state index contributed by atoms with van der Waals surface area (Å²) >= 11 is 3.40. The van der Waals surface area contributed by atoms with Crippen LogP contribution in [0.25, 0.3) is 11.1 Å². The van der Waals surface area contributed by atoms with Crippen LogP contribution in [0.15, 0.2) is 53.0 Å². The van der Waals surface area contributed by atoms with E-state index in [9.17, 15) is 9.90 Å². The third-order valence-electron chi connectivity index (χ3n) is 3.01. The Morgan fingerprint density at radius 1 is 1.00 bits per heavy atom. The van der Waals surface area contributed by atoms with Crippen LogP contribution in [-0.4, -0.2) is 22.3 Å². The number of carboxylic acid groups (broad SMARTS) is 1. The fourth-order valence-electron chi connectivity index (χ4n) is 2.02. The molecule has 0 radical (unpaired) electrons. The lowest BCUT2D eigenvalue weighted by Crippen LogP contribution is -2.15. The molecule has 1 unspecified atom stereocenters. The van der Waals surface area contributed by atoms with Gasteiger partial charge in [-0.2, -0.15) is 0 Å². The zero-order valence-electron chi connectivity index (χ0n) is 10.8. The summed E-state index contributed by atoms with van der Waals surface area (Å²) < 4.78 is 1.04. The van der Waals surface area contributed by atoms with Crippen molar-refractivity contribution in [1.82, 2.24) is 0 Å². The van der Waals surface area contributed by atoms with Gasteiger partial charge in [-0.05, 0) is 35.2 Å². The summed E-state index contributed by atoms with van der Waals surface area (Å²) in [4.78, 5) is 10.5. The number of benzene rings is 2. The van der Waals surface area contributed by atoms with Crippen LogP contribution in [0.5, 0.6) is 0 Å². The monoisotopic (exact) mass is 334 g/mol. The van der Waals surface area contributed by atoms with Crippen LogP contribution in [0.3, 0.4) is 0 Å². The molecule has 1 atom stereocenters. The molecule has 2 rings (SSSR count). The summed E-state index contributed by atoms with van der Waals surface area (Å²) in [5.41, 5.74) is 3.14. The van der Waals surface area contributed by atoms with E-state index in [-0.39, 0.29) is 6.42 Å². The molecule has 0 aromatic heterocycles. The van der Waals surface area contributed by atoms with Crippen molar-refractivity contribution in [1.29, 1.82) is 0 Å². The molecule has 0 heterocycles. The average molecular weight is 335 g/mol. The molecule has 0 aliphatic carbocycles. The Morgan fingerprint density at radius 3 is 2.00 bits per heavy atom. The van der Waals surface area contributed by atoms with Gasteiger partial charge in [0.15, 0.2) is 0 Å². The highest BCUT2D eigenvalue weighted by atomic mass is 79.9. The van der Waals surface area contributed by atoms with Crippen molar-refractivity contribution in [3.05, 3.63) is 58.6 Å². The first-order chi connectivity index (χ1) is 9.54. The number of carboxylic acids is 1. The van der Waals surface area contributed by atoms with E-state index in [1.807, 2.05) is 48.5 Å². The topological polar surface area (TPSA) is 57.5 Å². The van der Waals surface area contributed by atoms with Crippen LogP contribution >= 0.6 is 15.9 Å². The van der Waals surface area contributed by atoms with Crippen molar-refractivity contribution in [3.63, 3.8) is 0 Å². The number of aliphatic carboxylic acids is 1. The molecule has 20 heavy (non-hydrogen) atoms. The maximum Gasteiger partial charge on any atom is 0.305 e. The van der Waals surface area contributed by atoms with Crippen LogP contribution in [0.2, 0.25) is 0 Å². The molecule has 0 amide bonds.